The number of alkyl halides is 3. The van der Waals surface area contributed by atoms with Crippen molar-refractivity contribution >= 4 is 28.9 Å². The number of aryl methyl sites for hydroxylation is 1. The molecule has 3 aromatic rings. The van der Waals surface area contributed by atoms with Gasteiger partial charge in [-0.05, 0) is 42.7 Å². The van der Waals surface area contributed by atoms with Gasteiger partial charge in [0.15, 0.2) is 0 Å². The lowest BCUT2D eigenvalue weighted by Gasteiger charge is -2.10. The molecule has 3 N–H and O–H groups in total. The molecular formula is C20H19F3N6OS. The number of nitrogens with one attached hydrogen (secondary N) is 3. The van der Waals surface area contributed by atoms with Gasteiger partial charge in [-0.1, -0.05) is 6.07 Å². The molecule has 1 fully saturated rings. The molecule has 1 unspecified atom stereocenters. The molecule has 4 rings (SSSR count). The first-order chi connectivity index (χ1) is 14.8. The molecular weight excluding hydrogens is 429 g/mol. The number of thiazole rings is 1. The van der Waals surface area contributed by atoms with Crippen LogP contribution in [0.4, 0.5) is 24.8 Å². The Hall–Kier alpha value is -3.05. The molecule has 162 valence electrons. The van der Waals surface area contributed by atoms with E-state index >= 15 is 0 Å². The van der Waals surface area contributed by atoms with Gasteiger partial charge < -0.3 is 10.6 Å². The molecule has 0 saturated carbocycles. The number of hydrogen-bond acceptors (Lipinski definition) is 7. The van der Waals surface area contributed by atoms with E-state index in [1.807, 2.05) is 19.1 Å². The van der Waals surface area contributed by atoms with Gasteiger partial charge in [0.1, 0.15) is 10.7 Å². The fraction of sp³-hybridized carbons (Fsp3) is 0.300. The number of anilines is 2. The average Bonchev–Trinajstić information content (AvgIpc) is 3.34. The molecule has 0 bridgehead atoms. The molecule has 11 heteroatoms. The number of hydrogen-bond donors (Lipinski definition) is 3. The van der Waals surface area contributed by atoms with E-state index in [0.717, 1.165) is 39.7 Å². The highest BCUT2D eigenvalue weighted by atomic mass is 32.1. The number of benzene rings is 1. The van der Waals surface area contributed by atoms with Crippen molar-refractivity contribution in [1.29, 1.82) is 0 Å². The third kappa shape index (κ3) is 5.17. The van der Waals surface area contributed by atoms with Crippen molar-refractivity contribution in [2.24, 2.45) is 0 Å². The van der Waals surface area contributed by atoms with Crippen molar-refractivity contribution in [2.45, 2.75) is 32.1 Å². The van der Waals surface area contributed by atoms with Crippen LogP contribution in [0.2, 0.25) is 0 Å². The van der Waals surface area contributed by atoms with Gasteiger partial charge in [-0.25, -0.2) is 15.0 Å². The van der Waals surface area contributed by atoms with Crippen LogP contribution >= 0.6 is 11.3 Å². The van der Waals surface area contributed by atoms with Crippen molar-refractivity contribution < 1.29 is 18.0 Å². The van der Waals surface area contributed by atoms with E-state index < -0.39 is 11.9 Å². The minimum absolute atomic E-state index is 0.00277. The topological polar surface area (TPSA) is 91.8 Å². The van der Waals surface area contributed by atoms with Gasteiger partial charge in [-0.15, -0.1) is 11.3 Å². The molecule has 31 heavy (non-hydrogen) atoms. The molecule has 1 aromatic carbocycles. The largest absolute Gasteiger partial charge is 0.433 e. The number of carbonyl (C=O) groups is 1. The van der Waals surface area contributed by atoms with Gasteiger partial charge in [-0.2, -0.15) is 13.2 Å². The number of nitrogens with zero attached hydrogens (tertiary/aromatic N) is 3. The van der Waals surface area contributed by atoms with Gasteiger partial charge in [0.25, 0.3) is 0 Å². The maximum absolute atomic E-state index is 12.9. The fourth-order valence-electron chi connectivity index (χ4n) is 3.23. The second kappa shape index (κ2) is 8.60. The van der Waals surface area contributed by atoms with Crippen LogP contribution in [0, 0.1) is 6.92 Å². The zero-order valence-corrected chi connectivity index (χ0v) is 17.3. The van der Waals surface area contributed by atoms with Gasteiger partial charge >= 0.3 is 6.18 Å². The lowest BCUT2D eigenvalue weighted by atomic mass is 10.1. The zero-order valence-electron chi connectivity index (χ0n) is 16.5. The maximum atomic E-state index is 12.9. The minimum atomic E-state index is -4.54. The van der Waals surface area contributed by atoms with Crippen LogP contribution in [0.5, 0.6) is 0 Å². The van der Waals surface area contributed by atoms with Gasteiger partial charge in [-0.3, -0.25) is 10.1 Å². The monoisotopic (exact) mass is 448 g/mol. The zero-order chi connectivity index (χ0) is 22.0. The van der Waals surface area contributed by atoms with E-state index in [9.17, 15) is 18.0 Å². The van der Waals surface area contributed by atoms with E-state index in [2.05, 4.69) is 30.9 Å². The van der Waals surface area contributed by atoms with E-state index in [1.165, 1.54) is 11.3 Å². The highest BCUT2D eigenvalue weighted by molar-refractivity contribution is 7.15. The molecule has 0 aliphatic carbocycles. The van der Waals surface area contributed by atoms with E-state index in [-0.39, 0.29) is 17.9 Å². The van der Waals surface area contributed by atoms with Gasteiger partial charge in [0, 0.05) is 31.2 Å². The van der Waals surface area contributed by atoms with E-state index in [0.29, 0.717) is 18.8 Å². The predicted octanol–water partition coefficient (Wildman–Crippen LogP) is 3.65. The quantitative estimate of drug-likeness (QED) is 0.533. The summed E-state index contributed by atoms with van der Waals surface area (Å²) in [6.45, 7) is 3.05. The molecule has 1 atom stereocenters. The number of aromatic nitrogens is 3. The SMILES string of the molecule is Cc1cc(Nc2nccc(C(F)(F)F)n2)cc(-c2cnc(CNC3CCNC3=O)s2)c1. The summed E-state index contributed by atoms with van der Waals surface area (Å²) < 4.78 is 38.7. The smallest absolute Gasteiger partial charge is 0.355 e. The van der Waals surface area contributed by atoms with E-state index in [4.69, 9.17) is 0 Å². The molecule has 0 radical (unpaired) electrons. The average molecular weight is 448 g/mol. The summed E-state index contributed by atoms with van der Waals surface area (Å²) in [7, 11) is 0. The lowest BCUT2D eigenvalue weighted by Crippen LogP contribution is -2.35. The lowest BCUT2D eigenvalue weighted by molar-refractivity contribution is -0.141. The second-order valence-corrected chi connectivity index (χ2v) is 8.22. The molecule has 1 aliphatic heterocycles. The van der Waals surface area contributed by atoms with Crippen LogP contribution in [0.3, 0.4) is 0 Å². The van der Waals surface area contributed by atoms with Gasteiger partial charge in [0.2, 0.25) is 11.9 Å². The van der Waals surface area contributed by atoms with E-state index in [1.54, 1.807) is 12.3 Å². The first-order valence-electron chi connectivity index (χ1n) is 9.53. The van der Waals surface area contributed by atoms with Crippen molar-refractivity contribution in [3.8, 4) is 10.4 Å². The maximum Gasteiger partial charge on any atom is 0.433 e. The summed E-state index contributed by atoms with van der Waals surface area (Å²) in [5.74, 6) is -0.126. The minimum Gasteiger partial charge on any atom is -0.355 e. The molecule has 3 heterocycles. The fourth-order valence-corrected chi connectivity index (χ4v) is 4.08. The van der Waals surface area contributed by atoms with Crippen LogP contribution in [-0.2, 0) is 17.5 Å². The van der Waals surface area contributed by atoms with Crippen molar-refractivity contribution in [3.63, 3.8) is 0 Å². The van der Waals surface area contributed by atoms with Crippen LogP contribution in [0.25, 0.3) is 10.4 Å². The van der Waals surface area contributed by atoms with Crippen LogP contribution in [0.1, 0.15) is 22.7 Å². The van der Waals surface area contributed by atoms with Crippen molar-refractivity contribution in [2.75, 3.05) is 11.9 Å². The Morgan fingerprint density at radius 1 is 1.26 bits per heavy atom. The summed E-state index contributed by atoms with van der Waals surface area (Å²) in [5, 5.41) is 9.67. The third-order valence-electron chi connectivity index (χ3n) is 4.67. The summed E-state index contributed by atoms with van der Waals surface area (Å²) >= 11 is 1.49. The molecule has 1 aliphatic rings. The normalized spacial score (nSPS) is 16.4. The summed E-state index contributed by atoms with van der Waals surface area (Å²) in [6.07, 6.45) is -0.970. The van der Waals surface area contributed by atoms with Crippen LogP contribution < -0.4 is 16.0 Å². The molecule has 0 spiro atoms. The Balaban J connectivity index is 1.49. The van der Waals surface area contributed by atoms with Crippen molar-refractivity contribution in [3.05, 3.63) is 52.9 Å². The molecule has 7 nitrogen and oxygen atoms in total. The molecule has 1 amide bonds. The Labute approximate surface area is 180 Å². The highest BCUT2D eigenvalue weighted by Gasteiger charge is 2.32. The Morgan fingerprint density at radius 2 is 2.10 bits per heavy atom. The Bertz CT molecular complexity index is 1100. The summed E-state index contributed by atoms with van der Waals surface area (Å²) in [5.41, 5.74) is 1.36. The standard InChI is InChI=1S/C20H19F3N6OS/c1-11-6-12(15-9-27-17(31-15)10-26-14-2-4-24-18(14)30)8-13(7-11)28-19-25-5-3-16(29-19)20(21,22)23/h3,5-9,14,26H,2,4,10H2,1H3,(H,24,30)(H,25,28,29). The summed E-state index contributed by atoms with van der Waals surface area (Å²) in [4.78, 5) is 24.4. The number of rotatable bonds is 6. The first kappa shape index (κ1) is 21.2. The Kier molecular flexibility index (Phi) is 5.88. The van der Waals surface area contributed by atoms with Gasteiger partial charge in [0.05, 0.1) is 10.9 Å². The van der Waals surface area contributed by atoms with Crippen molar-refractivity contribution in [1.82, 2.24) is 25.6 Å². The van der Waals surface area contributed by atoms with Crippen LogP contribution in [-0.4, -0.2) is 33.4 Å². The Morgan fingerprint density at radius 3 is 2.84 bits per heavy atom. The summed E-state index contributed by atoms with van der Waals surface area (Å²) in [6, 6.07) is 6.21. The first-order valence-corrected chi connectivity index (χ1v) is 10.3. The highest BCUT2D eigenvalue weighted by Crippen LogP contribution is 2.31. The molecule has 1 saturated heterocycles. The third-order valence-corrected chi connectivity index (χ3v) is 5.71. The number of halogens is 3. The predicted molar refractivity (Wildman–Crippen MR) is 111 cm³/mol. The van der Waals surface area contributed by atoms with Crippen LogP contribution in [0.15, 0.2) is 36.7 Å². The number of carbonyl (C=O) groups excluding carboxylic acids is 1. The molecule has 2 aromatic heterocycles. The number of amides is 1. The second-order valence-electron chi connectivity index (χ2n) is 7.11.